The molecular weight excluding hydrogens is 248 g/mol. The van der Waals surface area contributed by atoms with Gasteiger partial charge >= 0.3 is 5.97 Å². The van der Waals surface area contributed by atoms with Crippen molar-refractivity contribution in [3.8, 4) is 0 Å². The summed E-state index contributed by atoms with van der Waals surface area (Å²) >= 11 is 0. The van der Waals surface area contributed by atoms with Gasteiger partial charge in [0.05, 0.1) is 24.7 Å². The van der Waals surface area contributed by atoms with Gasteiger partial charge in [0.1, 0.15) is 5.92 Å². The number of carbonyl (C=O) groups excluding carboxylic acids is 1. The van der Waals surface area contributed by atoms with E-state index < -0.39 is 17.3 Å². The molecule has 0 aromatic rings. The number of carbonyl (C=O) groups is 2. The molecule has 1 saturated carbocycles. The lowest BCUT2D eigenvalue weighted by atomic mass is 9.84. The van der Waals surface area contributed by atoms with Gasteiger partial charge in [-0.3, -0.25) is 9.59 Å². The van der Waals surface area contributed by atoms with E-state index in [0.29, 0.717) is 13.2 Å². The summed E-state index contributed by atoms with van der Waals surface area (Å²) < 4.78 is 5.23. The molecule has 6 nitrogen and oxygen atoms in total. The molecule has 2 atom stereocenters. The molecule has 2 fully saturated rings. The molecule has 3 N–H and O–H groups in total. The van der Waals surface area contributed by atoms with E-state index in [-0.39, 0.29) is 18.6 Å². The number of carboxylic acids is 1. The maximum atomic E-state index is 12.7. The number of rotatable bonds is 4. The summed E-state index contributed by atoms with van der Waals surface area (Å²) in [5, 5.41) is 9.16. The van der Waals surface area contributed by atoms with Crippen LogP contribution in [0.15, 0.2) is 0 Å². The number of hydrogen-bond donors (Lipinski definition) is 2. The van der Waals surface area contributed by atoms with Gasteiger partial charge in [-0.2, -0.15) is 0 Å². The molecule has 1 aliphatic carbocycles. The van der Waals surface area contributed by atoms with E-state index >= 15 is 0 Å². The van der Waals surface area contributed by atoms with Crippen LogP contribution in [-0.4, -0.2) is 54.7 Å². The number of hydrogen-bond acceptors (Lipinski definition) is 4. The van der Waals surface area contributed by atoms with Crippen molar-refractivity contribution in [2.75, 3.05) is 26.8 Å². The Hall–Kier alpha value is -1.14. The summed E-state index contributed by atoms with van der Waals surface area (Å²) in [6, 6.07) is -0.381. The zero-order chi connectivity index (χ0) is 14.0. The number of carboxylic acid groups (broad SMARTS) is 1. The van der Waals surface area contributed by atoms with Crippen LogP contribution in [0.1, 0.15) is 25.7 Å². The highest BCUT2D eigenvalue weighted by atomic mass is 16.5. The Morgan fingerprint density at radius 1 is 1.37 bits per heavy atom. The van der Waals surface area contributed by atoms with Crippen molar-refractivity contribution in [3.05, 3.63) is 0 Å². The zero-order valence-electron chi connectivity index (χ0n) is 11.3. The van der Waals surface area contributed by atoms with Crippen LogP contribution in [0.3, 0.4) is 0 Å². The maximum absolute atomic E-state index is 12.7. The molecule has 1 heterocycles. The number of likely N-dealkylation sites (N-methyl/N-ethyl adjacent to an activating group) is 1. The van der Waals surface area contributed by atoms with Gasteiger partial charge < -0.3 is 20.5 Å². The molecule has 108 valence electrons. The van der Waals surface area contributed by atoms with Crippen molar-refractivity contribution in [2.24, 2.45) is 17.1 Å². The number of ether oxygens (including phenoxy) is 1. The molecule has 6 heteroatoms. The second kappa shape index (κ2) is 5.46. The van der Waals surface area contributed by atoms with Crippen molar-refractivity contribution in [1.82, 2.24) is 4.90 Å². The average Bonchev–Trinajstić information content (AvgIpc) is 3.06. The fourth-order valence-electron chi connectivity index (χ4n) is 3.24. The second-order valence-electron chi connectivity index (χ2n) is 5.66. The van der Waals surface area contributed by atoms with Gasteiger partial charge in [-0.25, -0.2) is 0 Å². The first-order valence-corrected chi connectivity index (χ1v) is 6.80. The molecule has 2 rings (SSSR count). The van der Waals surface area contributed by atoms with Crippen LogP contribution in [0.25, 0.3) is 0 Å². The lowest BCUT2D eigenvalue weighted by Gasteiger charge is -2.35. The molecule has 0 spiro atoms. The summed E-state index contributed by atoms with van der Waals surface area (Å²) in [6.45, 7) is 0.800. The summed E-state index contributed by atoms with van der Waals surface area (Å²) in [4.78, 5) is 25.4. The fraction of sp³-hybridized carbons (Fsp3) is 0.846. The highest BCUT2D eigenvalue weighted by Gasteiger charge is 2.46. The van der Waals surface area contributed by atoms with Gasteiger partial charge in [0, 0.05) is 13.6 Å². The van der Waals surface area contributed by atoms with Crippen LogP contribution >= 0.6 is 0 Å². The largest absolute Gasteiger partial charge is 0.481 e. The van der Waals surface area contributed by atoms with Crippen molar-refractivity contribution < 1.29 is 19.4 Å². The van der Waals surface area contributed by atoms with Crippen LogP contribution in [0.5, 0.6) is 0 Å². The molecule has 0 aromatic carbocycles. The maximum Gasteiger partial charge on any atom is 0.311 e. The number of aliphatic carboxylic acids is 1. The van der Waals surface area contributed by atoms with Gasteiger partial charge in [0.25, 0.3) is 0 Å². The highest BCUT2D eigenvalue weighted by Crippen LogP contribution is 2.39. The van der Waals surface area contributed by atoms with Crippen molar-refractivity contribution in [3.63, 3.8) is 0 Å². The monoisotopic (exact) mass is 270 g/mol. The van der Waals surface area contributed by atoms with E-state index in [2.05, 4.69) is 0 Å². The molecule has 0 aromatic heterocycles. The minimum Gasteiger partial charge on any atom is -0.481 e. The van der Waals surface area contributed by atoms with Crippen molar-refractivity contribution in [2.45, 2.75) is 31.7 Å². The minimum absolute atomic E-state index is 0.0192. The Kier molecular flexibility index (Phi) is 4.10. The molecule has 0 radical (unpaired) electrons. The van der Waals surface area contributed by atoms with Crippen LogP contribution < -0.4 is 5.73 Å². The van der Waals surface area contributed by atoms with Gasteiger partial charge in [-0.15, -0.1) is 0 Å². The number of nitrogens with two attached hydrogens (primary N) is 1. The molecule has 0 bridgehead atoms. The third-order valence-corrected chi connectivity index (χ3v) is 4.59. The Morgan fingerprint density at radius 3 is 2.53 bits per heavy atom. The number of amides is 1. The smallest absolute Gasteiger partial charge is 0.311 e. The highest BCUT2D eigenvalue weighted by molar-refractivity contribution is 5.84. The van der Waals surface area contributed by atoms with Crippen molar-refractivity contribution >= 4 is 11.9 Å². The Labute approximate surface area is 112 Å². The molecule has 1 saturated heterocycles. The Balaban J connectivity index is 2.12. The molecule has 1 aliphatic heterocycles. The Morgan fingerprint density at radius 2 is 2.00 bits per heavy atom. The van der Waals surface area contributed by atoms with E-state index in [1.54, 1.807) is 11.9 Å². The Bertz CT molecular complexity index is 366. The molecule has 2 aliphatic rings. The summed E-state index contributed by atoms with van der Waals surface area (Å²) in [5.74, 6) is -1.56. The SMILES string of the molecule is CN(C(=O)C1(CN)CCCC1)C1COCC1C(=O)O. The van der Waals surface area contributed by atoms with E-state index in [1.807, 2.05) is 0 Å². The van der Waals surface area contributed by atoms with E-state index in [1.165, 1.54) is 0 Å². The first-order chi connectivity index (χ1) is 9.02. The quantitative estimate of drug-likeness (QED) is 0.753. The average molecular weight is 270 g/mol. The van der Waals surface area contributed by atoms with Crippen LogP contribution in [0, 0.1) is 11.3 Å². The lowest BCUT2D eigenvalue weighted by Crippen LogP contribution is -2.51. The molecule has 1 amide bonds. The van der Waals surface area contributed by atoms with Gasteiger partial charge in [-0.05, 0) is 12.8 Å². The first kappa shape index (κ1) is 14.3. The predicted molar refractivity (Wildman–Crippen MR) is 68.5 cm³/mol. The molecule has 19 heavy (non-hydrogen) atoms. The summed E-state index contributed by atoms with van der Waals surface area (Å²) in [5.41, 5.74) is 5.32. The van der Waals surface area contributed by atoms with Crippen LogP contribution in [0.2, 0.25) is 0 Å². The van der Waals surface area contributed by atoms with Gasteiger partial charge in [-0.1, -0.05) is 12.8 Å². The van der Waals surface area contributed by atoms with Crippen LogP contribution in [0.4, 0.5) is 0 Å². The fourth-order valence-corrected chi connectivity index (χ4v) is 3.24. The second-order valence-corrected chi connectivity index (χ2v) is 5.66. The topological polar surface area (TPSA) is 92.9 Å². The standard InChI is InChI=1S/C13H22N2O4/c1-15(10-7-19-6-9(10)11(16)17)12(18)13(8-14)4-2-3-5-13/h9-10H,2-8,14H2,1H3,(H,16,17). The van der Waals surface area contributed by atoms with E-state index in [9.17, 15) is 9.59 Å². The van der Waals surface area contributed by atoms with Crippen LogP contribution in [-0.2, 0) is 14.3 Å². The zero-order valence-corrected chi connectivity index (χ0v) is 11.3. The van der Waals surface area contributed by atoms with E-state index in [4.69, 9.17) is 15.6 Å². The predicted octanol–water partition coefficient (Wildman–Crippen LogP) is 0.0635. The van der Waals surface area contributed by atoms with Gasteiger partial charge in [0.15, 0.2) is 0 Å². The molecular formula is C13H22N2O4. The number of nitrogens with zero attached hydrogens (tertiary/aromatic N) is 1. The first-order valence-electron chi connectivity index (χ1n) is 6.80. The van der Waals surface area contributed by atoms with E-state index in [0.717, 1.165) is 25.7 Å². The normalized spacial score (nSPS) is 29.4. The summed E-state index contributed by atoms with van der Waals surface area (Å²) in [7, 11) is 1.67. The third kappa shape index (κ3) is 2.47. The molecule has 2 unspecified atom stereocenters. The lowest BCUT2D eigenvalue weighted by molar-refractivity contribution is -0.147. The summed E-state index contributed by atoms with van der Waals surface area (Å²) in [6.07, 6.45) is 3.64. The van der Waals surface area contributed by atoms with Crippen molar-refractivity contribution in [1.29, 1.82) is 0 Å². The third-order valence-electron chi connectivity index (χ3n) is 4.59. The van der Waals surface area contributed by atoms with Gasteiger partial charge in [0.2, 0.25) is 5.91 Å². The minimum atomic E-state index is -0.907.